The summed E-state index contributed by atoms with van der Waals surface area (Å²) in [5, 5.41) is 3.57. The van der Waals surface area contributed by atoms with Gasteiger partial charge in [-0.3, -0.25) is 9.97 Å². The van der Waals surface area contributed by atoms with E-state index in [1.165, 1.54) is 0 Å². The topological polar surface area (TPSA) is 56.3 Å². The van der Waals surface area contributed by atoms with Crippen molar-refractivity contribution in [2.75, 3.05) is 19.8 Å². The Hall–Kier alpha value is -1.04. The second kappa shape index (κ2) is 5.53. The normalized spacial score (nSPS) is 30.9. The Morgan fingerprint density at radius 2 is 2.32 bits per heavy atom. The van der Waals surface area contributed by atoms with Crippen molar-refractivity contribution in [3.63, 3.8) is 0 Å². The summed E-state index contributed by atoms with van der Waals surface area (Å²) in [4.78, 5) is 8.64. The molecular weight excluding hydrogens is 242 g/mol. The highest BCUT2D eigenvalue weighted by atomic mass is 16.6. The molecule has 2 aliphatic heterocycles. The Kier molecular flexibility index (Phi) is 3.77. The van der Waals surface area contributed by atoms with Crippen molar-refractivity contribution in [1.82, 2.24) is 15.3 Å². The monoisotopic (exact) mass is 263 g/mol. The molecule has 2 atom stereocenters. The summed E-state index contributed by atoms with van der Waals surface area (Å²) in [5.41, 5.74) is 1.92. The van der Waals surface area contributed by atoms with Crippen molar-refractivity contribution in [2.24, 2.45) is 0 Å². The molecule has 0 aromatic carbocycles. The van der Waals surface area contributed by atoms with Gasteiger partial charge in [0.15, 0.2) is 0 Å². The molecular formula is C14H21N3O2. The third kappa shape index (κ3) is 3.11. The van der Waals surface area contributed by atoms with E-state index in [4.69, 9.17) is 9.47 Å². The highest BCUT2D eigenvalue weighted by Gasteiger charge is 2.40. The maximum Gasteiger partial charge on any atom is 0.0951 e. The van der Waals surface area contributed by atoms with Crippen LogP contribution in [0.1, 0.15) is 30.7 Å². The van der Waals surface area contributed by atoms with Gasteiger partial charge >= 0.3 is 0 Å². The van der Waals surface area contributed by atoms with Crippen LogP contribution in [-0.2, 0) is 16.0 Å². The maximum atomic E-state index is 5.93. The molecule has 2 aliphatic rings. The highest BCUT2D eigenvalue weighted by Crippen LogP contribution is 2.32. The smallest absolute Gasteiger partial charge is 0.0951 e. The summed E-state index contributed by atoms with van der Waals surface area (Å²) in [5.74, 6) is 0. The maximum absolute atomic E-state index is 5.93. The third-order valence-electron chi connectivity index (χ3n) is 3.97. The van der Waals surface area contributed by atoms with Gasteiger partial charge in [0.25, 0.3) is 0 Å². The second-order valence-corrected chi connectivity index (χ2v) is 5.55. The number of nitrogens with one attached hydrogen (secondary N) is 1. The van der Waals surface area contributed by atoms with Gasteiger partial charge in [-0.1, -0.05) is 0 Å². The minimum Gasteiger partial charge on any atom is -0.378 e. The number of hydrogen-bond acceptors (Lipinski definition) is 5. The molecule has 3 rings (SSSR count). The van der Waals surface area contributed by atoms with E-state index in [2.05, 4.69) is 15.3 Å². The quantitative estimate of drug-likeness (QED) is 0.888. The van der Waals surface area contributed by atoms with Crippen molar-refractivity contribution in [3.8, 4) is 0 Å². The van der Waals surface area contributed by atoms with E-state index >= 15 is 0 Å². The van der Waals surface area contributed by atoms with E-state index in [0.717, 1.165) is 57.0 Å². The number of aryl methyl sites for hydroxylation is 1. The fourth-order valence-electron chi connectivity index (χ4n) is 2.82. The zero-order valence-corrected chi connectivity index (χ0v) is 11.4. The Balaban J connectivity index is 1.53. The molecule has 19 heavy (non-hydrogen) atoms. The van der Waals surface area contributed by atoms with E-state index in [9.17, 15) is 0 Å². The fourth-order valence-corrected chi connectivity index (χ4v) is 2.82. The predicted molar refractivity (Wildman–Crippen MR) is 70.7 cm³/mol. The molecule has 0 saturated carbocycles. The van der Waals surface area contributed by atoms with E-state index in [1.54, 1.807) is 0 Å². The molecule has 2 fully saturated rings. The summed E-state index contributed by atoms with van der Waals surface area (Å²) in [7, 11) is 0. The highest BCUT2D eigenvalue weighted by molar-refractivity contribution is 5.01. The molecule has 2 unspecified atom stereocenters. The van der Waals surface area contributed by atoms with Gasteiger partial charge in [0.1, 0.15) is 0 Å². The molecule has 104 valence electrons. The van der Waals surface area contributed by atoms with Crippen molar-refractivity contribution in [2.45, 2.75) is 44.4 Å². The third-order valence-corrected chi connectivity index (χ3v) is 3.97. The minimum absolute atomic E-state index is 0.0329. The zero-order valence-electron chi connectivity index (χ0n) is 11.4. The van der Waals surface area contributed by atoms with Crippen LogP contribution in [0.25, 0.3) is 0 Å². The first kappa shape index (κ1) is 13.0. The van der Waals surface area contributed by atoms with Gasteiger partial charge in [0.2, 0.25) is 0 Å². The van der Waals surface area contributed by atoms with Gasteiger partial charge in [0.05, 0.1) is 23.6 Å². The van der Waals surface area contributed by atoms with Gasteiger partial charge in [-0.05, 0) is 19.8 Å². The summed E-state index contributed by atoms with van der Waals surface area (Å²) in [6, 6.07) is 0.485. The lowest BCUT2D eigenvalue weighted by Gasteiger charge is -2.37. The SMILES string of the molecule is Cc1cnc(CNC2CCOC3(CCOC3)C2)cn1. The Labute approximate surface area is 113 Å². The molecule has 1 spiro atoms. The zero-order chi connectivity index (χ0) is 13.1. The number of aromatic nitrogens is 2. The van der Waals surface area contributed by atoms with Crippen LogP contribution in [0.2, 0.25) is 0 Å². The van der Waals surface area contributed by atoms with Gasteiger partial charge in [-0.2, -0.15) is 0 Å². The van der Waals surface area contributed by atoms with Crippen LogP contribution in [0.5, 0.6) is 0 Å². The molecule has 0 bridgehead atoms. The standard InChI is InChI=1S/C14H21N3O2/c1-11-7-16-13(8-15-11)9-17-12-2-4-19-14(6-12)3-5-18-10-14/h7-8,12,17H,2-6,9-10H2,1H3. The van der Waals surface area contributed by atoms with Crippen LogP contribution in [-0.4, -0.2) is 41.4 Å². The molecule has 1 aromatic rings. The Morgan fingerprint density at radius 3 is 3.05 bits per heavy atom. The average molecular weight is 263 g/mol. The van der Waals surface area contributed by atoms with Gasteiger partial charge in [-0.25, -0.2) is 0 Å². The van der Waals surface area contributed by atoms with Gasteiger partial charge in [0, 0.05) is 44.6 Å². The summed E-state index contributed by atoms with van der Waals surface area (Å²) >= 11 is 0. The van der Waals surface area contributed by atoms with Crippen LogP contribution in [0.4, 0.5) is 0 Å². The van der Waals surface area contributed by atoms with Crippen molar-refractivity contribution < 1.29 is 9.47 Å². The lowest BCUT2D eigenvalue weighted by molar-refractivity contribution is -0.0895. The number of nitrogens with zero attached hydrogens (tertiary/aromatic N) is 2. The summed E-state index contributed by atoms with van der Waals surface area (Å²) in [6.07, 6.45) is 6.77. The Bertz CT molecular complexity index is 415. The molecule has 2 saturated heterocycles. The van der Waals surface area contributed by atoms with E-state index in [0.29, 0.717) is 6.04 Å². The molecule has 3 heterocycles. The number of hydrogen-bond donors (Lipinski definition) is 1. The number of ether oxygens (including phenoxy) is 2. The molecule has 0 radical (unpaired) electrons. The predicted octanol–water partition coefficient (Wildman–Crippen LogP) is 1.21. The van der Waals surface area contributed by atoms with Gasteiger partial charge in [-0.15, -0.1) is 0 Å². The molecule has 0 aliphatic carbocycles. The lowest BCUT2D eigenvalue weighted by atomic mass is 9.89. The first-order chi connectivity index (χ1) is 9.26. The number of rotatable bonds is 3. The fraction of sp³-hybridized carbons (Fsp3) is 0.714. The van der Waals surface area contributed by atoms with Crippen LogP contribution < -0.4 is 5.32 Å². The largest absolute Gasteiger partial charge is 0.378 e. The molecule has 1 aromatic heterocycles. The van der Waals surface area contributed by atoms with Crippen LogP contribution in [0.3, 0.4) is 0 Å². The molecule has 5 heteroatoms. The Morgan fingerprint density at radius 1 is 1.37 bits per heavy atom. The van der Waals surface area contributed by atoms with E-state index in [1.807, 2.05) is 19.3 Å². The summed E-state index contributed by atoms with van der Waals surface area (Å²) in [6.45, 7) is 5.12. The first-order valence-corrected chi connectivity index (χ1v) is 6.98. The minimum atomic E-state index is -0.0329. The van der Waals surface area contributed by atoms with E-state index < -0.39 is 0 Å². The first-order valence-electron chi connectivity index (χ1n) is 6.98. The molecule has 0 amide bonds. The summed E-state index contributed by atoms with van der Waals surface area (Å²) < 4.78 is 11.4. The van der Waals surface area contributed by atoms with Crippen LogP contribution >= 0.6 is 0 Å². The van der Waals surface area contributed by atoms with Gasteiger partial charge < -0.3 is 14.8 Å². The van der Waals surface area contributed by atoms with Crippen molar-refractivity contribution in [3.05, 3.63) is 23.8 Å². The van der Waals surface area contributed by atoms with Crippen molar-refractivity contribution in [1.29, 1.82) is 0 Å². The van der Waals surface area contributed by atoms with Crippen LogP contribution in [0.15, 0.2) is 12.4 Å². The lowest BCUT2D eigenvalue weighted by Crippen LogP contribution is -2.47. The van der Waals surface area contributed by atoms with Crippen LogP contribution in [0, 0.1) is 6.92 Å². The molecule has 1 N–H and O–H groups in total. The second-order valence-electron chi connectivity index (χ2n) is 5.55. The molecule has 5 nitrogen and oxygen atoms in total. The van der Waals surface area contributed by atoms with Crippen molar-refractivity contribution >= 4 is 0 Å². The van der Waals surface area contributed by atoms with E-state index in [-0.39, 0.29) is 5.60 Å². The average Bonchev–Trinajstić information content (AvgIpc) is 2.86.